The number of carbonyl (C=O) groups is 2. The summed E-state index contributed by atoms with van der Waals surface area (Å²) in [6.45, 7) is 1.07. The Labute approximate surface area is 131 Å². The molecule has 1 aliphatic heterocycles. The van der Waals surface area contributed by atoms with Crippen LogP contribution in [0.4, 0.5) is 0 Å². The van der Waals surface area contributed by atoms with E-state index in [4.69, 9.17) is 4.74 Å². The third-order valence-electron chi connectivity index (χ3n) is 3.55. The lowest BCUT2D eigenvalue weighted by Crippen LogP contribution is -2.56. The molecule has 1 atom stereocenters. The van der Waals surface area contributed by atoms with Crippen molar-refractivity contribution in [1.82, 2.24) is 15.2 Å². The Kier molecular flexibility index (Phi) is 4.21. The smallest absolute Gasteiger partial charge is 0.273 e. The standard InChI is InChI=1S/C14H16BrN3O3/c15-12-3-1-2-10(17-12)14(20)18-6-7-21-8-11(18)13(19)16-9-4-5-9/h1-3,9,11H,4-8H2,(H,16,19). The molecule has 21 heavy (non-hydrogen) atoms. The summed E-state index contributed by atoms with van der Waals surface area (Å²) in [5, 5.41) is 2.93. The first-order chi connectivity index (χ1) is 10.1. The molecule has 1 saturated heterocycles. The van der Waals surface area contributed by atoms with E-state index >= 15 is 0 Å². The molecule has 1 aromatic heterocycles. The first-order valence-corrected chi connectivity index (χ1v) is 7.76. The van der Waals surface area contributed by atoms with Crippen molar-refractivity contribution >= 4 is 27.7 Å². The van der Waals surface area contributed by atoms with Crippen molar-refractivity contribution < 1.29 is 14.3 Å². The lowest BCUT2D eigenvalue weighted by Gasteiger charge is -2.34. The molecular formula is C14H16BrN3O3. The van der Waals surface area contributed by atoms with Gasteiger partial charge in [0.2, 0.25) is 5.91 Å². The number of halogens is 1. The summed E-state index contributed by atoms with van der Waals surface area (Å²) in [4.78, 5) is 30.5. The average molecular weight is 354 g/mol. The molecule has 112 valence electrons. The van der Waals surface area contributed by atoms with Gasteiger partial charge in [-0.3, -0.25) is 9.59 Å². The molecule has 3 rings (SSSR count). The molecule has 0 spiro atoms. The SMILES string of the molecule is O=C(NC1CC1)C1COCCN1C(=O)c1cccc(Br)n1. The van der Waals surface area contributed by atoms with Crippen molar-refractivity contribution in [2.24, 2.45) is 0 Å². The van der Waals surface area contributed by atoms with Gasteiger partial charge >= 0.3 is 0 Å². The number of rotatable bonds is 3. The first-order valence-electron chi connectivity index (χ1n) is 6.97. The van der Waals surface area contributed by atoms with Gasteiger partial charge in [0.15, 0.2) is 0 Å². The van der Waals surface area contributed by atoms with E-state index in [0.29, 0.717) is 23.4 Å². The highest BCUT2D eigenvalue weighted by Gasteiger charge is 2.36. The Morgan fingerprint density at radius 3 is 2.90 bits per heavy atom. The van der Waals surface area contributed by atoms with Crippen molar-refractivity contribution in [1.29, 1.82) is 0 Å². The maximum atomic E-state index is 12.6. The minimum atomic E-state index is -0.576. The minimum Gasteiger partial charge on any atom is -0.377 e. The third-order valence-corrected chi connectivity index (χ3v) is 3.99. The van der Waals surface area contributed by atoms with Gasteiger partial charge in [-0.1, -0.05) is 6.07 Å². The topological polar surface area (TPSA) is 71.5 Å². The summed E-state index contributed by atoms with van der Waals surface area (Å²) in [6.07, 6.45) is 2.03. The van der Waals surface area contributed by atoms with Gasteiger partial charge in [-0.2, -0.15) is 0 Å². The Bertz CT molecular complexity index is 562. The van der Waals surface area contributed by atoms with Crippen LogP contribution in [-0.4, -0.2) is 53.5 Å². The Hall–Kier alpha value is -1.47. The number of hydrogen-bond donors (Lipinski definition) is 1. The van der Waals surface area contributed by atoms with Gasteiger partial charge in [0.25, 0.3) is 5.91 Å². The van der Waals surface area contributed by atoms with E-state index in [-0.39, 0.29) is 24.5 Å². The second-order valence-electron chi connectivity index (χ2n) is 5.22. The summed E-state index contributed by atoms with van der Waals surface area (Å²) in [6, 6.07) is 4.85. The summed E-state index contributed by atoms with van der Waals surface area (Å²) >= 11 is 3.25. The summed E-state index contributed by atoms with van der Waals surface area (Å²) < 4.78 is 5.96. The van der Waals surface area contributed by atoms with Crippen molar-refractivity contribution in [3.63, 3.8) is 0 Å². The van der Waals surface area contributed by atoms with Crippen LogP contribution in [0.3, 0.4) is 0 Å². The molecule has 6 nitrogen and oxygen atoms in total. The molecule has 2 aliphatic rings. The van der Waals surface area contributed by atoms with Gasteiger partial charge in [-0.15, -0.1) is 0 Å². The van der Waals surface area contributed by atoms with Gasteiger partial charge < -0.3 is 15.0 Å². The average Bonchev–Trinajstić information content (AvgIpc) is 3.30. The van der Waals surface area contributed by atoms with E-state index < -0.39 is 6.04 Å². The maximum Gasteiger partial charge on any atom is 0.273 e. The number of ether oxygens (including phenoxy) is 1. The highest BCUT2D eigenvalue weighted by atomic mass is 79.9. The largest absolute Gasteiger partial charge is 0.377 e. The summed E-state index contributed by atoms with van der Waals surface area (Å²) in [5.74, 6) is -0.379. The zero-order chi connectivity index (χ0) is 14.8. The second kappa shape index (κ2) is 6.11. The van der Waals surface area contributed by atoms with Crippen molar-refractivity contribution in [2.75, 3.05) is 19.8 Å². The molecule has 2 amide bonds. The van der Waals surface area contributed by atoms with Crippen LogP contribution in [0, 0.1) is 0 Å². The zero-order valence-corrected chi connectivity index (χ0v) is 13.0. The highest BCUT2D eigenvalue weighted by Crippen LogP contribution is 2.20. The molecule has 1 aliphatic carbocycles. The van der Waals surface area contributed by atoms with Gasteiger partial charge in [-0.05, 0) is 40.9 Å². The molecule has 2 heterocycles. The zero-order valence-electron chi connectivity index (χ0n) is 11.4. The van der Waals surface area contributed by atoms with Crippen LogP contribution in [0.15, 0.2) is 22.8 Å². The van der Waals surface area contributed by atoms with Crippen LogP contribution < -0.4 is 5.32 Å². The molecule has 1 saturated carbocycles. The van der Waals surface area contributed by atoms with Crippen LogP contribution in [0.2, 0.25) is 0 Å². The quantitative estimate of drug-likeness (QED) is 0.821. The summed E-state index contributed by atoms with van der Waals surface area (Å²) in [7, 11) is 0. The minimum absolute atomic E-state index is 0.138. The Morgan fingerprint density at radius 1 is 1.38 bits per heavy atom. The number of nitrogens with one attached hydrogen (secondary N) is 1. The number of nitrogens with zero attached hydrogens (tertiary/aromatic N) is 2. The fraction of sp³-hybridized carbons (Fsp3) is 0.500. The van der Waals surface area contributed by atoms with Crippen LogP contribution in [0.5, 0.6) is 0 Å². The molecule has 7 heteroatoms. The number of carbonyl (C=O) groups excluding carboxylic acids is 2. The molecule has 0 radical (unpaired) electrons. The van der Waals surface area contributed by atoms with Crippen molar-refractivity contribution in [3.8, 4) is 0 Å². The van der Waals surface area contributed by atoms with E-state index in [1.165, 1.54) is 0 Å². The van der Waals surface area contributed by atoms with Gasteiger partial charge in [0, 0.05) is 12.6 Å². The Morgan fingerprint density at radius 2 is 2.19 bits per heavy atom. The van der Waals surface area contributed by atoms with Gasteiger partial charge in [-0.25, -0.2) is 4.98 Å². The normalized spacial score (nSPS) is 22.0. The van der Waals surface area contributed by atoms with Crippen LogP contribution >= 0.6 is 15.9 Å². The fourth-order valence-corrected chi connectivity index (χ4v) is 2.61. The predicted molar refractivity (Wildman–Crippen MR) is 78.7 cm³/mol. The molecular weight excluding hydrogens is 338 g/mol. The van der Waals surface area contributed by atoms with E-state index in [1.807, 2.05) is 0 Å². The Balaban J connectivity index is 1.76. The molecule has 1 unspecified atom stereocenters. The predicted octanol–water partition coefficient (Wildman–Crippen LogP) is 0.964. The number of amides is 2. The second-order valence-corrected chi connectivity index (χ2v) is 6.03. The number of morpholine rings is 1. The van der Waals surface area contributed by atoms with Gasteiger partial charge in [0.1, 0.15) is 16.3 Å². The van der Waals surface area contributed by atoms with Crippen LogP contribution in [-0.2, 0) is 9.53 Å². The molecule has 0 bridgehead atoms. The van der Waals surface area contributed by atoms with Crippen molar-refractivity contribution in [2.45, 2.75) is 24.9 Å². The van der Waals surface area contributed by atoms with E-state index in [1.54, 1.807) is 23.1 Å². The summed E-state index contributed by atoms with van der Waals surface area (Å²) in [5.41, 5.74) is 0.329. The fourth-order valence-electron chi connectivity index (χ4n) is 2.26. The van der Waals surface area contributed by atoms with Crippen LogP contribution in [0.1, 0.15) is 23.3 Å². The number of hydrogen-bond acceptors (Lipinski definition) is 4. The van der Waals surface area contributed by atoms with E-state index in [9.17, 15) is 9.59 Å². The highest BCUT2D eigenvalue weighted by molar-refractivity contribution is 9.10. The molecule has 2 fully saturated rings. The van der Waals surface area contributed by atoms with Crippen molar-refractivity contribution in [3.05, 3.63) is 28.5 Å². The monoisotopic (exact) mass is 353 g/mol. The van der Waals surface area contributed by atoms with Gasteiger partial charge in [0.05, 0.1) is 13.2 Å². The first kappa shape index (κ1) is 14.5. The van der Waals surface area contributed by atoms with E-state index in [2.05, 4.69) is 26.2 Å². The maximum absolute atomic E-state index is 12.6. The lowest BCUT2D eigenvalue weighted by molar-refractivity contribution is -0.130. The van der Waals surface area contributed by atoms with Crippen LogP contribution in [0.25, 0.3) is 0 Å². The lowest BCUT2D eigenvalue weighted by atomic mass is 10.2. The van der Waals surface area contributed by atoms with E-state index in [0.717, 1.165) is 12.8 Å². The molecule has 1 aromatic rings. The number of aromatic nitrogens is 1. The number of pyridine rings is 1. The molecule has 1 N–H and O–H groups in total. The molecule has 0 aromatic carbocycles. The third kappa shape index (κ3) is 3.41.